The zero-order valence-electron chi connectivity index (χ0n) is 14.4. The molecule has 2 rings (SSSR count). The summed E-state index contributed by atoms with van der Waals surface area (Å²) < 4.78 is 0. The maximum absolute atomic E-state index is 3.75. The summed E-state index contributed by atoms with van der Waals surface area (Å²) in [5.74, 6) is 3.76. The molecule has 1 N–H and O–H groups in total. The number of rotatable bonds is 5. The Labute approximate surface area is 127 Å². The average molecular weight is 280 g/mol. The van der Waals surface area contributed by atoms with E-state index in [0.717, 1.165) is 23.7 Å². The topological polar surface area (TPSA) is 12.0 Å². The van der Waals surface area contributed by atoms with Gasteiger partial charge in [-0.25, -0.2) is 0 Å². The lowest BCUT2D eigenvalue weighted by molar-refractivity contribution is 0.0572. The van der Waals surface area contributed by atoms with E-state index in [2.05, 4.69) is 33.0 Å². The van der Waals surface area contributed by atoms with Crippen molar-refractivity contribution in [2.24, 2.45) is 29.1 Å². The van der Waals surface area contributed by atoms with Gasteiger partial charge in [-0.1, -0.05) is 59.8 Å². The first-order valence-electron chi connectivity index (χ1n) is 9.19. The van der Waals surface area contributed by atoms with E-state index in [1.165, 1.54) is 64.5 Å². The van der Waals surface area contributed by atoms with Crippen molar-refractivity contribution in [3.05, 3.63) is 0 Å². The second-order valence-electron chi connectivity index (χ2n) is 8.78. The molecule has 0 aromatic carbocycles. The van der Waals surface area contributed by atoms with Crippen LogP contribution in [0.1, 0.15) is 79.1 Å². The maximum atomic E-state index is 3.75. The van der Waals surface area contributed by atoms with Crippen LogP contribution in [-0.2, 0) is 0 Å². The Bertz CT molecular complexity index is 275. The predicted octanol–water partition coefficient (Wildman–Crippen LogP) is 5.25. The van der Waals surface area contributed by atoms with E-state index in [9.17, 15) is 0 Å². The molecule has 2 fully saturated rings. The molecular formula is C19H37N. The number of nitrogens with one attached hydrogen (secondary N) is 1. The van der Waals surface area contributed by atoms with Crippen LogP contribution in [0.2, 0.25) is 0 Å². The Morgan fingerprint density at radius 3 is 2.40 bits per heavy atom. The van der Waals surface area contributed by atoms with E-state index in [0.29, 0.717) is 5.41 Å². The highest BCUT2D eigenvalue weighted by Crippen LogP contribution is 2.47. The predicted molar refractivity (Wildman–Crippen MR) is 88.9 cm³/mol. The Balaban J connectivity index is 1.92. The van der Waals surface area contributed by atoms with Crippen LogP contribution in [0.5, 0.6) is 0 Å². The quantitative estimate of drug-likeness (QED) is 0.724. The molecule has 2 saturated carbocycles. The summed E-state index contributed by atoms with van der Waals surface area (Å²) in [5.41, 5.74) is 0.594. The van der Waals surface area contributed by atoms with Crippen LogP contribution in [-0.4, -0.2) is 13.1 Å². The van der Waals surface area contributed by atoms with Crippen molar-refractivity contribution in [1.82, 2.24) is 5.32 Å². The first kappa shape index (κ1) is 16.3. The minimum Gasteiger partial charge on any atom is -0.316 e. The van der Waals surface area contributed by atoms with E-state index in [1.807, 2.05) is 0 Å². The molecule has 0 aromatic rings. The molecule has 0 saturated heterocycles. The van der Waals surface area contributed by atoms with Crippen LogP contribution >= 0.6 is 0 Å². The minimum atomic E-state index is 0.594. The Morgan fingerprint density at radius 2 is 1.75 bits per heavy atom. The van der Waals surface area contributed by atoms with Gasteiger partial charge >= 0.3 is 0 Å². The van der Waals surface area contributed by atoms with E-state index < -0.39 is 0 Å². The fourth-order valence-electron chi connectivity index (χ4n) is 4.62. The third-order valence-electron chi connectivity index (χ3n) is 5.80. The third kappa shape index (κ3) is 4.76. The van der Waals surface area contributed by atoms with Gasteiger partial charge in [-0.15, -0.1) is 0 Å². The van der Waals surface area contributed by atoms with Gasteiger partial charge in [-0.2, -0.15) is 0 Å². The van der Waals surface area contributed by atoms with Gasteiger partial charge in [0.25, 0.3) is 0 Å². The van der Waals surface area contributed by atoms with E-state index >= 15 is 0 Å². The molecule has 0 spiro atoms. The molecule has 2 aliphatic rings. The molecule has 0 heterocycles. The molecule has 20 heavy (non-hydrogen) atoms. The first-order valence-corrected chi connectivity index (χ1v) is 9.19. The summed E-state index contributed by atoms with van der Waals surface area (Å²) in [7, 11) is 0. The minimum absolute atomic E-state index is 0.594. The van der Waals surface area contributed by atoms with E-state index in [4.69, 9.17) is 0 Å². The number of hydrogen-bond donors (Lipinski definition) is 1. The lowest BCUT2D eigenvalue weighted by Crippen LogP contribution is -2.40. The van der Waals surface area contributed by atoms with Crippen LogP contribution in [0.15, 0.2) is 0 Å². The van der Waals surface area contributed by atoms with Crippen LogP contribution in [0.4, 0.5) is 0 Å². The van der Waals surface area contributed by atoms with Crippen LogP contribution in [0, 0.1) is 29.1 Å². The summed E-state index contributed by atoms with van der Waals surface area (Å²) in [6, 6.07) is 0. The van der Waals surface area contributed by atoms with Crippen molar-refractivity contribution >= 4 is 0 Å². The molecule has 0 bridgehead atoms. The summed E-state index contributed by atoms with van der Waals surface area (Å²) in [4.78, 5) is 0. The van der Waals surface area contributed by atoms with Gasteiger partial charge in [0.2, 0.25) is 0 Å². The Kier molecular flexibility index (Phi) is 5.95. The van der Waals surface area contributed by atoms with Crippen molar-refractivity contribution < 1.29 is 0 Å². The van der Waals surface area contributed by atoms with Gasteiger partial charge in [-0.05, 0) is 61.4 Å². The molecule has 1 heteroatoms. The highest BCUT2D eigenvalue weighted by Gasteiger charge is 2.38. The summed E-state index contributed by atoms with van der Waals surface area (Å²) in [6.07, 6.45) is 11.9. The van der Waals surface area contributed by atoms with E-state index in [-0.39, 0.29) is 0 Å². The lowest BCUT2D eigenvalue weighted by atomic mass is 9.61. The second kappa shape index (κ2) is 7.29. The van der Waals surface area contributed by atoms with Crippen molar-refractivity contribution in [3.63, 3.8) is 0 Å². The molecule has 2 atom stereocenters. The maximum Gasteiger partial charge on any atom is -0.00176 e. The average Bonchev–Trinajstić information content (AvgIpc) is 2.40. The zero-order chi connectivity index (χ0) is 14.6. The summed E-state index contributed by atoms with van der Waals surface area (Å²) in [5, 5.41) is 3.75. The smallest absolute Gasteiger partial charge is 0.00176 e. The molecule has 1 nitrogen and oxygen atoms in total. The zero-order valence-corrected chi connectivity index (χ0v) is 14.4. The van der Waals surface area contributed by atoms with Gasteiger partial charge in [0.1, 0.15) is 0 Å². The largest absolute Gasteiger partial charge is 0.316 e. The second-order valence-corrected chi connectivity index (χ2v) is 8.78. The first-order chi connectivity index (χ1) is 9.48. The van der Waals surface area contributed by atoms with E-state index in [1.54, 1.807) is 0 Å². The van der Waals surface area contributed by atoms with Crippen LogP contribution in [0.3, 0.4) is 0 Å². The Morgan fingerprint density at radius 1 is 1.05 bits per heavy atom. The van der Waals surface area contributed by atoms with Gasteiger partial charge in [-0.3, -0.25) is 0 Å². The van der Waals surface area contributed by atoms with Crippen molar-refractivity contribution in [2.45, 2.75) is 79.1 Å². The van der Waals surface area contributed by atoms with Crippen LogP contribution in [0.25, 0.3) is 0 Å². The molecule has 0 radical (unpaired) electrons. The molecule has 0 aliphatic heterocycles. The fraction of sp³-hybridized carbons (Fsp3) is 1.00. The Hall–Kier alpha value is -0.0400. The molecular weight excluding hydrogens is 242 g/mol. The van der Waals surface area contributed by atoms with Crippen molar-refractivity contribution in [3.8, 4) is 0 Å². The van der Waals surface area contributed by atoms with Gasteiger partial charge in [0.05, 0.1) is 0 Å². The molecule has 2 unspecified atom stereocenters. The third-order valence-corrected chi connectivity index (χ3v) is 5.80. The highest BCUT2D eigenvalue weighted by atomic mass is 14.9. The summed E-state index contributed by atoms with van der Waals surface area (Å²) >= 11 is 0. The lowest BCUT2D eigenvalue weighted by Gasteiger charge is -2.45. The van der Waals surface area contributed by atoms with Crippen molar-refractivity contribution in [2.75, 3.05) is 13.1 Å². The highest BCUT2D eigenvalue weighted by molar-refractivity contribution is 4.90. The molecule has 0 amide bonds. The van der Waals surface area contributed by atoms with Gasteiger partial charge in [0.15, 0.2) is 0 Å². The van der Waals surface area contributed by atoms with Crippen molar-refractivity contribution in [1.29, 1.82) is 0 Å². The summed E-state index contributed by atoms with van der Waals surface area (Å²) in [6.45, 7) is 12.1. The standard InChI is InChI=1S/C19H37N/c1-15(2)13-20-14-17-10-11-19(3,4)12-18(17)16-8-6-5-7-9-16/h15-18,20H,5-14H2,1-4H3. The molecule has 0 aromatic heterocycles. The fourth-order valence-corrected chi connectivity index (χ4v) is 4.62. The normalized spacial score (nSPS) is 31.6. The molecule has 2 aliphatic carbocycles. The molecule has 118 valence electrons. The SMILES string of the molecule is CC(C)CNCC1CCC(C)(C)CC1C1CCCCC1. The van der Waals surface area contributed by atoms with Gasteiger partial charge in [0, 0.05) is 0 Å². The number of hydrogen-bond acceptors (Lipinski definition) is 1. The van der Waals surface area contributed by atoms with Crippen LogP contribution < -0.4 is 5.32 Å². The van der Waals surface area contributed by atoms with Gasteiger partial charge < -0.3 is 5.32 Å². The monoisotopic (exact) mass is 279 g/mol.